The second kappa shape index (κ2) is 6.84. The average molecular weight is 335 g/mol. The Hall–Kier alpha value is -2.40. The van der Waals surface area contributed by atoms with E-state index in [1.54, 1.807) is 0 Å². The molecule has 0 bridgehead atoms. The minimum atomic E-state index is 0.748. The highest BCUT2D eigenvalue weighted by Gasteiger charge is 2.19. The highest BCUT2D eigenvalue weighted by Crippen LogP contribution is 2.28. The van der Waals surface area contributed by atoms with Crippen molar-refractivity contribution in [2.45, 2.75) is 12.8 Å². The van der Waals surface area contributed by atoms with Crippen molar-refractivity contribution in [2.24, 2.45) is 5.92 Å². The van der Waals surface area contributed by atoms with E-state index < -0.39 is 0 Å². The van der Waals surface area contributed by atoms with Crippen molar-refractivity contribution in [3.05, 3.63) is 42.6 Å². The summed E-state index contributed by atoms with van der Waals surface area (Å²) in [7, 11) is 4.35. The summed E-state index contributed by atoms with van der Waals surface area (Å²) >= 11 is 0. The summed E-state index contributed by atoms with van der Waals surface area (Å²) in [6.07, 6.45) is 4.42. The van der Waals surface area contributed by atoms with Crippen molar-refractivity contribution < 1.29 is 0 Å². The lowest BCUT2D eigenvalue weighted by Gasteiger charge is -2.32. The number of aromatic nitrogens is 3. The van der Waals surface area contributed by atoms with E-state index in [-0.39, 0.29) is 0 Å². The van der Waals surface area contributed by atoms with Crippen LogP contribution in [0.25, 0.3) is 22.2 Å². The average Bonchev–Trinajstić information content (AvgIpc) is 3.08. The summed E-state index contributed by atoms with van der Waals surface area (Å²) in [5, 5.41) is 8.78. The number of likely N-dealkylation sites (tertiary alicyclic amines) is 1. The number of aromatic amines is 1. The van der Waals surface area contributed by atoms with Gasteiger partial charge in [-0.3, -0.25) is 5.10 Å². The molecule has 0 saturated carbocycles. The molecule has 0 spiro atoms. The zero-order chi connectivity index (χ0) is 17.2. The lowest BCUT2D eigenvalue weighted by atomic mass is 9.96. The van der Waals surface area contributed by atoms with E-state index >= 15 is 0 Å². The van der Waals surface area contributed by atoms with Gasteiger partial charge >= 0.3 is 0 Å². The third-order valence-corrected chi connectivity index (χ3v) is 5.25. The van der Waals surface area contributed by atoms with Gasteiger partial charge in [-0.15, -0.1) is 0 Å². The summed E-state index contributed by atoms with van der Waals surface area (Å²) in [6, 6.07) is 12.4. The third kappa shape index (κ3) is 3.37. The molecule has 0 atom stereocenters. The van der Waals surface area contributed by atoms with E-state index in [0.717, 1.165) is 40.4 Å². The molecule has 0 unspecified atom stereocenters. The van der Waals surface area contributed by atoms with Gasteiger partial charge in [0.1, 0.15) is 11.5 Å². The molecule has 3 heterocycles. The van der Waals surface area contributed by atoms with Gasteiger partial charge in [-0.05, 0) is 57.1 Å². The number of pyridine rings is 1. The van der Waals surface area contributed by atoms with E-state index in [1.807, 2.05) is 18.3 Å². The Morgan fingerprint density at radius 2 is 2.00 bits per heavy atom. The van der Waals surface area contributed by atoms with Crippen LogP contribution < -0.4 is 4.90 Å². The van der Waals surface area contributed by atoms with Crippen molar-refractivity contribution in [1.29, 1.82) is 0 Å². The number of piperidine rings is 1. The molecule has 1 aromatic carbocycles. The highest BCUT2D eigenvalue weighted by molar-refractivity contribution is 5.93. The molecular formula is C20H25N5. The van der Waals surface area contributed by atoms with E-state index in [2.05, 4.69) is 63.3 Å². The SMILES string of the molecule is CN1CCC(CN(C)c2cc(-c3n[nH]c4ccccc34)ccn2)CC1. The molecule has 1 N–H and O–H groups in total. The second-order valence-corrected chi connectivity index (χ2v) is 7.15. The molecule has 25 heavy (non-hydrogen) atoms. The van der Waals surface area contributed by atoms with Crippen LogP contribution in [0.2, 0.25) is 0 Å². The van der Waals surface area contributed by atoms with E-state index in [1.165, 1.54) is 25.9 Å². The molecule has 5 heteroatoms. The van der Waals surface area contributed by atoms with Gasteiger partial charge < -0.3 is 9.80 Å². The smallest absolute Gasteiger partial charge is 0.128 e. The Labute approximate surface area is 148 Å². The Morgan fingerprint density at radius 1 is 1.20 bits per heavy atom. The van der Waals surface area contributed by atoms with Crippen LogP contribution >= 0.6 is 0 Å². The van der Waals surface area contributed by atoms with Gasteiger partial charge in [0.05, 0.1) is 5.52 Å². The first kappa shape index (κ1) is 16.1. The fourth-order valence-electron chi connectivity index (χ4n) is 3.68. The largest absolute Gasteiger partial charge is 0.359 e. The summed E-state index contributed by atoms with van der Waals surface area (Å²) in [5.74, 6) is 1.77. The number of nitrogens with zero attached hydrogens (tertiary/aromatic N) is 4. The molecule has 5 nitrogen and oxygen atoms in total. The van der Waals surface area contributed by atoms with Gasteiger partial charge in [-0.2, -0.15) is 5.10 Å². The maximum Gasteiger partial charge on any atom is 0.128 e. The van der Waals surface area contributed by atoms with Crippen LogP contribution in [0.1, 0.15) is 12.8 Å². The molecule has 0 radical (unpaired) electrons. The van der Waals surface area contributed by atoms with Crippen molar-refractivity contribution in [1.82, 2.24) is 20.1 Å². The number of rotatable bonds is 4. The molecule has 2 aromatic heterocycles. The summed E-state index contributed by atoms with van der Waals surface area (Å²) in [4.78, 5) is 9.29. The fourth-order valence-corrected chi connectivity index (χ4v) is 3.68. The molecular weight excluding hydrogens is 310 g/mol. The lowest BCUT2D eigenvalue weighted by Crippen LogP contribution is -2.35. The number of hydrogen-bond acceptors (Lipinski definition) is 4. The normalized spacial score (nSPS) is 16.4. The predicted molar refractivity (Wildman–Crippen MR) is 103 cm³/mol. The maximum absolute atomic E-state index is 4.59. The van der Waals surface area contributed by atoms with Crippen molar-refractivity contribution in [3.63, 3.8) is 0 Å². The lowest BCUT2D eigenvalue weighted by molar-refractivity contribution is 0.222. The molecule has 1 aliphatic rings. The zero-order valence-electron chi connectivity index (χ0n) is 14.9. The van der Waals surface area contributed by atoms with Crippen molar-refractivity contribution in [2.75, 3.05) is 38.6 Å². The first-order valence-electron chi connectivity index (χ1n) is 9.00. The Morgan fingerprint density at radius 3 is 2.84 bits per heavy atom. The van der Waals surface area contributed by atoms with Gasteiger partial charge in [-0.25, -0.2) is 4.98 Å². The van der Waals surface area contributed by atoms with Crippen LogP contribution in [-0.4, -0.2) is 53.8 Å². The minimum absolute atomic E-state index is 0.748. The number of H-pyrrole nitrogens is 1. The number of benzene rings is 1. The topological polar surface area (TPSA) is 48.0 Å². The summed E-state index contributed by atoms with van der Waals surface area (Å²) < 4.78 is 0. The highest BCUT2D eigenvalue weighted by atomic mass is 15.2. The number of anilines is 1. The standard InChI is InChI=1S/C20H25N5/c1-24-11-8-15(9-12-24)14-25(2)19-13-16(7-10-21-19)20-17-5-3-4-6-18(17)22-23-20/h3-7,10,13,15H,8-9,11-12,14H2,1-2H3,(H,22,23). The van der Waals surface area contributed by atoms with Crippen LogP contribution in [0.5, 0.6) is 0 Å². The molecule has 1 fully saturated rings. The van der Waals surface area contributed by atoms with Gasteiger partial charge in [-0.1, -0.05) is 18.2 Å². The van der Waals surface area contributed by atoms with Gasteiger partial charge in [0.25, 0.3) is 0 Å². The number of hydrogen-bond donors (Lipinski definition) is 1. The first-order valence-corrected chi connectivity index (χ1v) is 9.00. The molecule has 3 aromatic rings. The van der Waals surface area contributed by atoms with Crippen LogP contribution in [-0.2, 0) is 0 Å². The minimum Gasteiger partial charge on any atom is -0.359 e. The first-order chi connectivity index (χ1) is 12.2. The van der Waals surface area contributed by atoms with E-state index in [4.69, 9.17) is 0 Å². The molecule has 1 saturated heterocycles. The quantitative estimate of drug-likeness (QED) is 0.794. The van der Waals surface area contributed by atoms with Crippen molar-refractivity contribution >= 4 is 16.7 Å². The Kier molecular flexibility index (Phi) is 4.40. The van der Waals surface area contributed by atoms with Crippen LogP contribution in [0.3, 0.4) is 0 Å². The van der Waals surface area contributed by atoms with Crippen LogP contribution in [0.4, 0.5) is 5.82 Å². The summed E-state index contributed by atoms with van der Waals surface area (Å²) in [5.41, 5.74) is 3.17. The predicted octanol–water partition coefficient (Wildman–Crippen LogP) is 3.40. The summed E-state index contributed by atoms with van der Waals surface area (Å²) in [6.45, 7) is 3.46. The Bertz CT molecular complexity index is 848. The van der Waals surface area contributed by atoms with Gasteiger partial charge in [0.15, 0.2) is 0 Å². The van der Waals surface area contributed by atoms with E-state index in [0.29, 0.717) is 0 Å². The third-order valence-electron chi connectivity index (χ3n) is 5.25. The molecule has 130 valence electrons. The number of fused-ring (bicyclic) bond motifs is 1. The maximum atomic E-state index is 4.59. The fraction of sp³-hybridized carbons (Fsp3) is 0.400. The van der Waals surface area contributed by atoms with Crippen LogP contribution in [0, 0.1) is 5.92 Å². The molecule has 4 rings (SSSR count). The number of para-hydroxylation sites is 1. The van der Waals surface area contributed by atoms with Crippen molar-refractivity contribution in [3.8, 4) is 11.3 Å². The van der Waals surface area contributed by atoms with E-state index in [9.17, 15) is 0 Å². The molecule has 0 amide bonds. The van der Waals surface area contributed by atoms with Gasteiger partial charge in [0, 0.05) is 30.7 Å². The molecule has 0 aliphatic carbocycles. The molecule has 1 aliphatic heterocycles. The number of nitrogens with one attached hydrogen (secondary N) is 1. The van der Waals surface area contributed by atoms with Crippen LogP contribution in [0.15, 0.2) is 42.6 Å². The Balaban J connectivity index is 1.55. The zero-order valence-corrected chi connectivity index (χ0v) is 14.9. The second-order valence-electron chi connectivity index (χ2n) is 7.15. The van der Waals surface area contributed by atoms with Gasteiger partial charge in [0.2, 0.25) is 0 Å². The monoisotopic (exact) mass is 335 g/mol.